The molecule has 8 heteroatoms. The smallest absolute Gasteiger partial charge is 0.219 e. The number of hydrogen-bond donors (Lipinski definition) is 0. The SMILES string of the molecule is c1nc(SSc2ncn(C34CC5CC(CC(C5)C3)C4)n2)nn1C12CC3CC(CC(C3)C1)C2. The fraction of sp³-hybridized carbons (Fsp3) is 0.833. The fourth-order valence-electron chi connectivity index (χ4n) is 9.79. The Labute approximate surface area is 197 Å². The zero-order valence-corrected chi connectivity index (χ0v) is 20.2. The Kier molecular flexibility index (Phi) is 4.08. The van der Waals surface area contributed by atoms with Crippen LogP contribution in [0.5, 0.6) is 0 Å². The number of rotatable bonds is 5. The standard InChI is InChI=1S/C24H32N6S2/c1-15-2-17-3-16(1)8-23(7-15,9-17)29-13-25-21(27-29)31-32-22-26-14-30(28-22)24-10-18-4-19(11-24)6-20(5-18)12-24/h13-20H,1-12H2. The highest BCUT2D eigenvalue weighted by molar-refractivity contribution is 8.76. The van der Waals surface area contributed by atoms with Crippen molar-refractivity contribution < 1.29 is 0 Å². The van der Waals surface area contributed by atoms with Crippen LogP contribution in [0.25, 0.3) is 0 Å². The Morgan fingerprint density at radius 1 is 0.562 bits per heavy atom. The van der Waals surface area contributed by atoms with Gasteiger partial charge in [-0.1, -0.05) is 0 Å². The van der Waals surface area contributed by atoms with Crippen LogP contribution in [0.15, 0.2) is 23.0 Å². The van der Waals surface area contributed by atoms with Crippen molar-refractivity contribution in [2.45, 2.75) is 98.4 Å². The van der Waals surface area contributed by atoms with E-state index in [1.54, 1.807) is 21.6 Å². The van der Waals surface area contributed by atoms with Crippen molar-refractivity contribution in [1.29, 1.82) is 0 Å². The Hall–Kier alpha value is -1.02. The molecule has 32 heavy (non-hydrogen) atoms. The van der Waals surface area contributed by atoms with Gasteiger partial charge in [-0.05, 0) is 134 Å². The highest BCUT2D eigenvalue weighted by atomic mass is 33.1. The molecular weight excluding hydrogens is 436 g/mol. The maximum Gasteiger partial charge on any atom is 0.219 e. The van der Waals surface area contributed by atoms with Crippen LogP contribution in [0.1, 0.15) is 77.0 Å². The fourth-order valence-corrected chi connectivity index (χ4v) is 11.3. The summed E-state index contributed by atoms with van der Waals surface area (Å²) in [5.41, 5.74) is 0.507. The van der Waals surface area contributed by atoms with E-state index in [0.29, 0.717) is 0 Å². The minimum absolute atomic E-state index is 0.254. The summed E-state index contributed by atoms with van der Waals surface area (Å²) in [5, 5.41) is 11.6. The molecule has 0 spiro atoms. The van der Waals surface area contributed by atoms with E-state index in [4.69, 9.17) is 10.2 Å². The van der Waals surface area contributed by atoms with E-state index in [2.05, 4.69) is 19.3 Å². The number of aromatic nitrogens is 6. The minimum atomic E-state index is 0.254. The van der Waals surface area contributed by atoms with Crippen molar-refractivity contribution in [2.75, 3.05) is 0 Å². The van der Waals surface area contributed by atoms with Gasteiger partial charge in [-0.3, -0.25) is 0 Å². The average molecular weight is 469 g/mol. The molecular formula is C24H32N6S2. The lowest BCUT2D eigenvalue weighted by Crippen LogP contribution is -2.52. The molecule has 8 bridgehead atoms. The zero-order valence-electron chi connectivity index (χ0n) is 18.6. The molecule has 2 aromatic heterocycles. The van der Waals surface area contributed by atoms with Crippen LogP contribution in [0.3, 0.4) is 0 Å². The van der Waals surface area contributed by atoms with Gasteiger partial charge in [0, 0.05) is 0 Å². The highest BCUT2D eigenvalue weighted by Gasteiger charge is 2.53. The average Bonchev–Trinajstić information content (AvgIpc) is 3.41. The van der Waals surface area contributed by atoms with Crippen molar-refractivity contribution in [3.05, 3.63) is 12.7 Å². The maximum atomic E-state index is 4.96. The quantitative estimate of drug-likeness (QED) is 0.539. The van der Waals surface area contributed by atoms with E-state index >= 15 is 0 Å². The first-order valence-corrected chi connectivity index (χ1v) is 15.0. The first-order chi connectivity index (χ1) is 15.6. The molecule has 2 heterocycles. The van der Waals surface area contributed by atoms with Gasteiger partial charge in [0.1, 0.15) is 12.7 Å². The molecule has 8 aliphatic rings. The molecule has 0 saturated heterocycles. The van der Waals surface area contributed by atoms with Crippen LogP contribution in [-0.4, -0.2) is 29.5 Å². The molecule has 8 fully saturated rings. The summed E-state index contributed by atoms with van der Waals surface area (Å²) < 4.78 is 4.50. The van der Waals surface area contributed by atoms with E-state index in [1.807, 2.05) is 12.7 Å². The van der Waals surface area contributed by atoms with E-state index in [0.717, 1.165) is 45.8 Å². The van der Waals surface area contributed by atoms with Crippen LogP contribution in [0, 0.1) is 35.5 Å². The zero-order chi connectivity index (χ0) is 20.9. The highest BCUT2D eigenvalue weighted by Crippen LogP contribution is 2.60. The second kappa shape index (κ2) is 6.77. The molecule has 0 atom stereocenters. The first kappa shape index (κ1) is 19.3. The topological polar surface area (TPSA) is 61.4 Å². The summed E-state index contributed by atoms with van der Waals surface area (Å²) in [6.45, 7) is 0. The van der Waals surface area contributed by atoms with Crippen molar-refractivity contribution in [1.82, 2.24) is 29.5 Å². The third-order valence-electron chi connectivity index (χ3n) is 10.1. The van der Waals surface area contributed by atoms with Gasteiger partial charge >= 0.3 is 0 Å². The van der Waals surface area contributed by atoms with Gasteiger partial charge in [0.15, 0.2) is 0 Å². The lowest BCUT2D eigenvalue weighted by Gasteiger charge is -2.56. The first-order valence-electron chi connectivity index (χ1n) is 12.8. The predicted molar refractivity (Wildman–Crippen MR) is 124 cm³/mol. The van der Waals surface area contributed by atoms with E-state index in [9.17, 15) is 0 Å². The van der Waals surface area contributed by atoms with Crippen LogP contribution in [0.4, 0.5) is 0 Å². The number of nitrogens with zero attached hydrogens (tertiary/aromatic N) is 6. The van der Waals surface area contributed by atoms with Crippen molar-refractivity contribution in [2.24, 2.45) is 35.5 Å². The van der Waals surface area contributed by atoms with E-state index in [1.165, 1.54) is 77.0 Å². The van der Waals surface area contributed by atoms with Gasteiger partial charge in [-0.25, -0.2) is 19.3 Å². The predicted octanol–water partition coefficient (Wildman–Crippen LogP) is 5.52. The molecule has 0 amide bonds. The van der Waals surface area contributed by atoms with Crippen molar-refractivity contribution in [3.8, 4) is 0 Å². The summed E-state index contributed by atoms with van der Waals surface area (Å²) in [6.07, 6.45) is 20.7. The molecule has 0 unspecified atom stereocenters. The summed E-state index contributed by atoms with van der Waals surface area (Å²) >= 11 is 0. The second-order valence-electron chi connectivity index (χ2n) is 12.4. The van der Waals surface area contributed by atoms with Crippen molar-refractivity contribution in [3.63, 3.8) is 0 Å². The molecule has 10 rings (SSSR count). The van der Waals surface area contributed by atoms with Crippen LogP contribution >= 0.6 is 21.6 Å². The summed E-state index contributed by atoms with van der Waals surface area (Å²) in [5.74, 6) is 5.55. The summed E-state index contributed by atoms with van der Waals surface area (Å²) in [6, 6.07) is 0. The molecule has 170 valence electrons. The van der Waals surface area contributed by atoms with Crippen LogP contribution in [0.2, 0.25) is 0 Å². The molecule has 6 nitrogen and oxygen atoms in total. The van der Waals surface area contributed by atoms with E-state index in [-0.39, 0.29) is 11.1 Å². The summed E-state index contributed by atoms with van der Waals surface area (Å²) in [7, 11) is 3.25. The van der Waals surface area contributed by atoms with Crippen LogP contribution in [-0.2, 0) is 11.1 Å². The molecule has 2 aromatic rings. The number of hydrogen-bond acceptors (Lipinski definition) is 6. The third kappa shape index (κ3) is 2.93. The lowest BCUT2D eigenvalue weighted by atomic mass is 9.53. The largest absolute Gasteiger partial charge is 0.246 e. The molecule has 8 saturated carbocycles. The monoisotopic (exact) mass is 468 g/mol. The minimum Gasteiger partial charge on any atom is -0.246 e. The van der Waals surface area contributed by atoms with Gasteiger partial charge in [-0.2, -0.15) is 0 Å². The van der Waals surface area contributed by atoms with Gasteiger partial charge < -0.3 is 0 Å². The Balaban J connectivity index is 0.973. The molecule has 0 N–H and O–H groups in total. The van der Waals surface area contributed by atoms with Gasteiger partial charge in [0.25, 0.3) is 0 Å². The van der Waals surface area contributed by atoms with E-state index < -0.39 is 0 Å². The summed E-state index contributed by atoms with van der Waals surface area (Å²) in [4.78, 5) is 9.36. The maximum absolute atomic E-state index is 4.96. The second-order valence-corrected chi connectivity index (χ2v) is 14.5. The Morgan fingerprint density at radius 2 is 0.875 bits per heavy atom. The van der Waals surface area contributed by atoms with Crippen LogP contribution < -0.4 is 0 Å². The normalized spacial score (nSPS) is 45.8. The Morgan fingerprint density at radius 3 is 1.19 bits per heavy atom. The third-order valence-corrected chi connectivity index (χ3v) is 12.0. The van der Waals surface area contributed by atoms with Gasteiger partial charge in [-0.15, -0.1) is 10.2 Å². The lowest BCUT2D eigenvalue weighted by molar-refractivity contribution is -0.0501. The molecule has 8 aliphatic carbocycles. The van der Waals surface area contributed by atoms with Gasteiger partial charge in [0.05, 0.1) is 11.1 Å². The molecule has 0 aromatic carbocycles. The van der Waals surface area contributed by atoms with Crippen molar-refractivity contribution >= 4 is 21.6 Å². The molecule has 0 aliphatic heterocycles. The Bertz CT molecular complexity index is 890. The molecule has 0 radical (unpaired) electrons. The van der Waals surface area contributed by atoms with Gasteiger partial charge in [0.2, 0.25) is 10.3 Å².